The van der Waals surface area contributed by atoms with E-state index in [4.69, 9.17) is 0 Å². The molecule has 0 aromatic carbocycles. The third-order valence-electron chi connectivity index (χ3n) is 1.82. The quantitative estimate of drug-likeness (QED) is 0.492. The fraction of sp³-hybridized carbons (Fsp3) is 0.571. The fourth-order valence-corrected chi connectivity index (χ4v) is 0.990. The van der Waals surface area contributed by atoms with Gasteiger partial charge in [0.2, 0.25) is 5.91 Å². The molecule has 0 spiro atoms. The lowest BCUT2D eigenvalue weighted by molar-refractivity contribution is -0.128. The summed E-state index contributed by atoms with van der Waals surface area (Å²) in [5.41, 5.74) is 0. The summed E-state index contributed by atoms with van der Waals surface area (Å²) in [6, 6.07) is 0. The third-order valence-corrected chi connectivity index (χ3v) is 1.82. The van der Waals surface area contributed by atoms with Gasteiger partial charge in [-0.2, -0.15) is 0 Å². The van der Waals surface area contributed by atoms with Gasteiger partial charge >= 0.3 is 0 Å². The van der Waals surface area contributed by atoms with E-state index in [0.29, 0.717) is 0 Å². The predicted molar refractivity (Wildman–Crippen MR) is 38.9 cm³/mol. The Labute approximate surface area is 60.9 Å². The minimum Gasteiger partial charge on any atom is -0.359 e. The van der Waals surface area contributed by atoms with Crippen LogP contribution in [0.15, 0.2) is 12.4 Å². The summed E-state index contributed by atoms with van der Waals surface area (Å²) in [6.45, 7) is 3.56. The molecular weight excluding hydrogens is 128 g/mol. The third kappa shape index (κ3) is 0.988. The van der Waals surface area contributed by atoms with Crippen LogP contribution in [0.1, 0.15) is 13.8 Å². The minimum absolute atomic E-state index is 0.0908. The Morgan fingerprint density at radius 1 is 1.50 bits per heavy atom. The Morgan fingerprint density at radius 2 is 2.10 bits per heavy atom. The Hall–Kier alpha value is -0.990. The molecule has 3 nitrogen and oxygen atoms in total. The summed E-state index contributed by atoms with van der Waals surface area (Å²) in [6.07, 6.45) is 3.87. The number of hydrogen-bond donors (Lipinski definition) is 0. The van der Waals surface area contributed by atoms with Crippen molar-refractivity contribution >= 4 is 5.91 Å². The minimum atomic E-state index is 0.0908. The normalized spacial score (nSPS) is 24.1. The average molecular weight is 140 g/mol. The number of rotatable bonds is 0. The highest BCUT2D eigenvalue weighted by Gasteiger charge is 2.20. The first kappa shape index (κ1) is 7.12. The van der Waals surface area contributed by atoms with Gasteiger partial charge in [0.05, 0.1) is 0 Å². The van der Waals surface area contributed by atoms with E-state index in [0.717, 1.165) is 0 Å². The Kier molecular flexibility index (Phi) is 1.66. The molecule has 1 atom stereocenters. The van der Waals surface area contributed by atoms with Crippen molar-refractivity contribution in [2.75, 3.05) is 7.05 Å². The van der Waals surface area contributed by atoms with Gasteiger partial charge in [0.15, 0.2) is 0 Å². The van der Waals surface area contributed by atoms with Gasteiger partial charge in [-0.05, 0) is 6.92 Å². The van der Waals surface area contributed by atoms with Crippen LogP contribution in [0, 0.1) is 0 Å². The molecule has 0 radical (unpaired) electrons. The summed E-state index contributed by atoms with van der Waals surface area (Å²) >= 11 is 0. The maximum Gasteiger partial charge on any atom is 0.225 e. The molecule has 0 N–H and O–H groups in total. The van der Waals surface area contributed by atoms with Crippen LogP contribution in [0.3, 0.4) is 0 Å². The SMILES string of the molecule is CC(=O)N1C=CN(C)C1C. The van der Waals surface area contributed by atoms with Crippen LogP contribution < -0.4 is 0 Å². The molecule has 0 saturated carbocycles. The van der Waals surface area contributed by atoms with Crippen molar-refractivity contribution in [3.05, 3.63) is 12.4 Å². The highest BCUT2D eigenvalue weighted by atomic mass is 16.2. The Bertz CT molecular complexity index is 176. The van der Waals surface area contributed by atoms with Gasteiger partial charge in [-0.25, -0.2) is 0 Å². The van der Waals surface area contributed by atoms with Crippen molar-refractivity contribution in [2.45, 2.75) is 20.0 Å². The summed E-state index contributed by atoms with van der Waals surface area (Å²) in [5.74, 6) is 0.0908. The first-order chi connectivity index (χ1) is 4.63. The molecule has 1 heterocycles. The molecule has 0 fully saturated rings. The fourth-order valence-electron chi connectivity index (χ4n) is 0.990. The zero-order valence-corrected chi connectivity index (χ0v) is 6.53. The average Bonchev–Trinajstić information content (AvgIpc) is 2.14. The highest BCUT2D eigenvalue weighted by Crippen LogP contribution is 2.12. The lowest BCUT2D eigenvalue weighted by atomic mass is 10.4. The van der Waals surface area contributed by atoms with Gasteiger partial charge in [-0.15, -0.1) is 0 Å². The molecule has 0 aromatic rings. The van der Waals surface area contributed by atoms with Crippen LogP contribution in [-0.4, -0.2) is 28.9 Å². The molecule has 3 heteroatoms. The summed E-state index contributed by atoms with van der Waals surface area (Å²) < 4.78 is 0. The van der Waals surface area contributed by atoms with E-state index in [1.807, 2.05) is 25.1 Å². The van der Waals surface area contributed by atoms with E-state index in [2.05, 4.69) is 0 Å². The summed E-state index contributed by atoms with van der Waals surface area (Å²) in [4.78, 5) is 14.5. The molecule has 1 aliphatic heterocycles. The van der Waals surface area contributed by atoms with Gasteiger partial charge < -0.3 is 4.90 Å². The second-order valence-corrected chi connectivity index (χ2v) is 2.52. The molecule has 56 valence electrons. The predicted octanol–water partition coefficient (Wildman–Crippen LogP) is 0.598. The van der Waals surface area contributed by atoms with E-state index >= 15 is 0 Å². The maximum atomic E-state index is 10.9. The van der Waals surface area contributed by atoms with E-state index in [-0.39, 0.29) is 12.1 Å². The molecule has 0 saturated heterocycles. The smallest absolute Gasteiger partial charge is 0.225 e. The van der Waals surface area contributed by atoms with E-state index < -0.39 is 0 Å². The number of hydrogen-bond acceptors (Lipinski definition) is 2. The first-order valence-corrected chi connectivity index (χ1v) is 3.32. The number of carbonyl (C=O) groups excluding carboxylic acids is 1. The van der Waals surface area contributed by atoms with Crippen LogP contribution in [-0.2, 0) is 4.79 Å². The molecular formula is C7H12N2O. The standard InChI is InChI=1S/C7H12N2O/c1-6-8(3)4-5-9(6)7(2)10/h4-6H,1-3H3. The number of amides is 1. The van der Waals surface area contributed by atoms with Crippen LogP contribution in [0.2, 0.25) is 0 Å². The van der Waals surface area contributed by atoms with Gasteiger partial charge in [-0.1, -0.05) is 0 Å². The van der Waals surface area contributed by atoms with Crippen molar-refractivity contribution < 1.29 is 4.79 Å². The van der Waals surface area contributed by atoms with Crippen LogP contribution in [0.5, 0.6) is 0 Å². The van der Waals surface area contributed by atoms with Crippen LogP contribution >= 0.6 is 0 Å². The molecule has 1 unspecified atom stereocenters. The van der Waals surface area contributed by atoms with Gasteiger partial charge in [-0.3, -0.25) is 9.69 Å². The monoisotopic (exact) mass is 140 g/mol. The molecule has 10 heavy (non-hydrogen) atoms. The Morgan fingerprint density at radius 3 is 2.30 bits per heavy atom. The summed E-state index contributed by atoms with van der Waals surface area (Å²) in [7, 11) is 1.95. The van der Waals surface area contributed by atoms with Crippen molar-refractivity contribution in [3.63, 3.8) is 0 Å². The maximum absolute atomic E-state index is 10.9. The second-order valence-electron chi connectivity index (χ2n) is 2.52. The number of carbonyl (C=O) groups is 1. The molecule has 0 aliphatic carbocycles. The molecule has 1 amide bonds. The largest absolute Gasteiger partial charge is 0.359 e. The van der Waals surface area contributed by atoms with E-state index in [1.165, 1.54) is 0 Å². The van der Waals surface area contributed by atoms with Crippen LogP contribution in [0.4, 0.5) is 0 Å². The molecule has 0 bridgehead atoms. The van der Waals surface area contributed by atoms with Gasteiger partial charge in [0.1, 0.15) is 6.17 Å². The van der Waals surface area contributed by atoms with Crippen molar-refractivity contribution in [1.82, 2.24) is 9.80 Å². The molecule has 0 aromatic heterocycles. The Balaban J connectivity index is 2.66. The zero-order chi connectivity index (χ0) is 7.72. The molecule has 1 rings (SSSR count). The van der Waals surface area contributed by atoms with E-state index in [1.54, 1.807) is 18.0 Å². The lowest BCUT2D eigenvalue weighted by Gasteiger charge is -2.23. The lowest BCUT2D eigenvalue weighted by Crippen LogP contribution is -2.36. The van der Waals surface area contributed by atoms with Gasteiger partial charge in [0, 0.05) is 26.4 Å². The first-order valence-electron chi connectivity index (χ1n) is 3.32. The van der Waals surface area contributed by atoms with E-state index in [9.17, 15) is 4.79 Å². The van der Waals surface area contributed by atoms with Crippen molar-refractivity contribution in [2.24, 2.45) is 0 Å². The van der Waals surface area contributed by atoms with Crippen molar-refractivity contribution in [1.29, 1.82) is 0 Å². The van der Waals surface area contributed by atoms with Crippen molar-refractivity contribution in [3.8, 4) is 0 Å². The molecule has 1 aliphatic rings. The second kappa shape index (κ2) is 2.33. The highest BCUT2D eigenvalue weighted by molar-refractivity contribution is 5.75. The zero-order valence-electron chi connectivity index (χ0n) is 6.53. The topological polar surface area (TPSA) is 23.6 Å². The number of nitrogens with zero attached hydrogens (tertiary/aromatic N) is 2. The van der Waals surface area contributed by atoms with Crippen LogP contribution in [0.25, 0.3) is 0 Å². The summed E-state index contributed by atoms with van der Waals surface area (Å²) in [5, 5.41) is 0. The van der Waals surface area contributed by atoms with Gasteiger partial charge in [0.25, 0.3) is 0 Å².